The summed E-state index contributed by atoms with van der Waals surface area (Å²) in [5.41, 5.74) is 5.35. The standard InChI is InChI=1S/C32H32N4O3S/c1-3-36(4-2)22-23-15-17-25(18-16-23)33-31(24-11-7-5-8-12-24)30-28-21-27(19-20-29(28)34-32(30)37)40(38,39)35-26-13-9-6-10-14-26/h5-21,33,35H,3-4,22H2,1-2H3,(H,34,37)/b31-30-. The average molecular weight is 553 g/mol. The van der Waals surface area contributed by atoms with E-state index in [0.29, 0.717) is 28.2 Å². The number of sulfonamides is 1. The normalized spacial score (nSPS) is 14.0. The van der Waals surface area contributed by atoms with E-state index in [4.69, 9.17) is 0 Å². The van der Waals surface area contributed by atoms with Gasteiger partial charge < -0.3 is 10.6 Å². The van der Waals surface area contributed by atoms with Crippen LogP contribution >= 0.6 is 0 Å². The van der Waals surface area contributed by atoms with Crippen LogP contribution in [-0.4, -0.2) is 32.3 Å². The van der Waals surface area contributed by atoms with Gasteiger partial charge in [-0.1, -0.05) is 74.5 Å². The molecule has 0 radical (unpaired) electrons. The van der Waals surface area contributed by atoms with Gasteiger partial charge in [0.05, 0.1) is 16.2 Å². The van der Waals surface area contributed by atoms with Gasteiger partial charge in [-0.2, -0.15) is 0 Å². The van der Waals surface area contributed by atoms with Crippen LogP contribution in [0, 0.1) is 0 Å². The largest absolute Gasteiger partial charge is 0.354 e. The molecule has 1 aliphatic rings. The summed E-state index contributed by atoms with van der Waals surface area (Å²) in [5.74, 6) is -0.301. The van der Waals surface area contributed by atoms with E-state index >= 15 is 0 Å². The van der Waals surface area contributed by atoms with Crippen molar-refractivity contribution in [3.8, 4) is 0 Å². The van der Waals surface area contributed by atoms with Crippen LogP contribution in [0.25, 0.3) is 11.3 Å². The zero-order valence-corrected chi connectivity index (χ0v) is 23.3. The van der Waals surface area contributed by atoms with E-state index in [1.54, 1.807) is 36.4 Å². The summed E-state index contributed by atoms with van der Waals surface area (Å²) in [6, 6.07) is 31.1. The van der Waals surface area contributed by atoms with Crippen LogP contribution in [0.15, 0.2) is 108 Å². The van der Waals surface area contributed by atoms with Crippen molar-refractivity contribution >= 4 is 44.3 Å². The van der Waals surface area contributed by atoms with Crippen LogP contribution in [0.1, 0.15) is 30.5 Å². The zero-order chi connectivity index (χ0) is 28.1. The van der Waals surface area contributed by atoms with Crippen LogP contribution in [-0.2, 0) is 21.4 Å². The fourth-order valence-corrected chi connectivity index (χ4v) is 5.79. The molecular weight excluding hydrogens is 520 g/mol. The van der Waals surface area contributed by atoms with Gasteiger partial charge in [0, 0.05) is 29.2 Å². The molecule has 0 fully saturated rings. The fraction of sp³-hybridized carbons (Fsp3) is 0.156. The molecule has 40 heavy (non-hydrogen) atoms. The van der Waals surface area contributed by atoms with Crippen LogP contribution < -0.4 is 15.4 Å². The zero-order valence-electron chi connectivity index (χ0n) is 22.5. The molecule has 0 unspecified atom stereocenters. The molecule has 0 aromatic heterocycles. The van der Waals surface area contributed by atoms with E-state index in [1.165, 1.54) is 11.6 Å². The number of nitrogens with zero attached hydrogens (tertiary/aromatic N) is 1. The summed E-state index contributed by atoms with van der Waals surface area (Å²) in [6.07, 6.45) is 0. The minimum absolute atomic E-state index is 0.0669. The van der Waals surface area contributed by atoms with Crippen LogP contribution in [0.3, 0.4) is 0 Å². The van der Waals surface area contributed by atoms with Crippen molar-refractivity contribution < 1.29 is 13.2 Å². The summed E-state index contributed by atoms with van der Waals surface area (Å²) in [7, 11) is -3.88. The monoisotopic (exact) mass is 552 g/mol. The lowest BCUT2D eigenvalue weighted by Gasteiger charge is -2.19. The van der Waals surface area contributed by atoms with Crippen molar-refractivity contribution in [2.45, 2.75) is 25.3 Å². The molecule has 0 saturated heterocycles. The molecular formula is C32H32N4O3S. The Morgan fingerprint density at radius 3 is 2.10 bits per heavy atom. The van der Waals surface area contributed by atoms with Crippen molar-refractivity contribution in [3.05, 3.63) is 120 Å². The topological polar surface area (TPSA) is 90.5 Å². The van der Waals surface area contributed by atoms with Crippen molar-refractivity contribution in [3.63, 3.8) is 0 Å². The van der Waals surface area contributed by atoms with Crippen molar-refractivity contribution in [1.29, 1.82) is 0 Å². The fourth-order valence-electron chi connectivity index (χ4n) is 4.71. The highest BCUT2D eigenvalue weighted by atomic mass is 32.2. The Morgan fingerprint density at radius 2 is 1.45 bits per heavy atom. The Bertz CT molecular complexity index is 1630. The van der Waals surface area contributed by atoms with E-state index in [1.807, 2.05) is 48.5 Å². The Morgan fingerprint density at radius 1 is 0.800 bits per heavy atom. The van der Waals surface area contributed by atoms with E-state index in [0.717, 1.165) is 30.9 Å². The number of hydrogen-bond acceptors (Lipinski definition) is 5. The summed E-state index contributed by atoms with van der Waals surface area (Å²) in [6.45, 7) is 7.12. The number of anilines is 3. The lowest BCUT2D eigenvalue weighted by molar-refractivity contribution is -0.110. The van der Waals surface area contributed by atoms with Gasteiger partial charge in [-0.05, 0) is 66.7 Å². The van der Waals surface area contributed by atoms with E-state index in [9.17, 15) is 13.2 Å². The summed E-state index contributed by atoms with van der Waals surface area (Å²) in [5, 5.41) is 6.35. The van der Waals surface area contributed by atoms with Gasteiger partial charge in [0.15, 0.2) is 0 Å². The Labute approximate surface area is 235 Å². The highest BCUT2D eigenvalue weighted by molar-refractivity contribution is 7.92. The molecule has 5 rings (SSSR count). The second kappa shape index (κ2) is 11.8. The predicted octanol–water partition coefficient (Wildman–Crippen LogP) is 6.26. The minimum Gasteiger partial charge on any atom is -0.354 e. The van der Waals surface area contributed by atoms with Gasteiger partial charge in [0.25, 0.3) is 15.9 Å². The van der Waals surface area contributed by atoms with Gasteiger partial charge in [-0.25, -0.2) is 8.42 Å². The Hall–Kier alpha value is -4.40. The van der Waals surface area contributed by atoms with Crippen LogP contribution in [0.4, 0.5) is 17.1 Å². The Kier molecular flexibility index (Phi) is 8.00. The highest BCUT2D eigenvalue weighted by Crippen LogP contribution is 2.39. The number of rotatable bonds is 10. The molecule has 0 spiro atoms. The lowest BCUT2D eigenvalue weighted by Crippen LogP contribution is -2.22. The molecule has 3 N–H and O–H groups in total. The number of hydrogen-bond donors (Lipinski definition) is 3. The van der Waals surface area contributed by atoms with Gasteiger partial charge in [0.2, 0.25) is 0 Å². The molecule has 4 aromatic rings. The number of amides is 1. The maximum absolute atomic E-state index is 13.4. The maximum Gasteiger partial charge on any atom is 0.261 e. The number of benzene rings is 4. The van der Waals surface area contributed by atoms with E-state index < -0.39 is 10.0 Å². The molecule has 4 aromatic carbocycles. The number of nitrogens with one attached hydrogen (secondary N) is 3. The molecule has 204 valence electrons. The smallest absolute Gasteiger partial charge is 0.261 e. The van der Waals surface area contributed by atoms with Crippen molar-refractivity contribution in [2.75, 3.05) is 28.4 Å². The van der Waals surface area contributed by atoms with Gasteiger partial charge in [-0.3, -0.25) is 14.4 Å². The first-order chi connectivity index (χ1) is 19.4. The van der Waals surface area contributed by atoms with Crippen LogP contribution in [0.2, 0.25) is 0 Å². The van der Waals surface area contributed by atoms with Gasteiger partial charge >= 0.3 is 0 Å². The summed E-state index contributed by atoms with van der Waals surface area (Å²) in [4.78, 5) is 15.8. The predicted molar refractivity (Wildman–Crippen MR) is 162 cm³/mol. The van der Waals surface area contributed by atoms with E-state index in [2.05, 4.69) is 46.2 Å². The first-order valence-corrected chi connectivity index (χ1v) is 14.8. The van der Waals surface area contributed by atoms with Gasteiger partial charge in [0.1, 0.15) is 0 Å². The van der Waals surface area contributed by atoms with Crippen molar-refractivity contribution in [2.24, 2.45) is 0 Å². The first kappa shape index (κ1) is 27.2. The average Bonchev–Trinajstić information content (AvgIpc) is 3.30. The number of carbonyl (C=O) groups is 1. The quantitative estimate of drug-likeness (QED) is 0.202. The second-order valence-corrected chi connectivity index (χ2v) is 11.2. The third-order valence-corrected chi connectivity index (χ3v) is 8.29. The highest BCUT2D eigenvalue weighted by Gasteiger charge is 2.30. The van der Waals surface area contributed by atoms with Crippen molar-refractivity contribution in [1.82, 2.24) is 4.90 Å². The number of para-hydroxylation sites is 1. The minimum atomic E-state index is -3.88. The molecule has 8 heteroatoms. The molecule has 1 aliphatic heterocycles. The number of fused-ring (bicyclic) bond motifs is 1. The molecule has 0 saturated carbocycles. The first-order valence-electron chi connectivity index (χ1n) is 13.3. The molecule has 1 amide bonds. The summed E-state index contributed by atoms with van der Waals surface area (Å²) < 4.78 is 29.1. The SMILES string of the molecule is CCN(CC)Cc1ccc(N/C(=C2\C(=O)Nc3ccc(S(=O)(=O)Nc4ccccc4)cc32)c2ccccc2)cc1. The Balaban J connectivity index is 1.54. The molecule has 1 heterocycles. The molecule has 0 bridgehead atoms. The molecule has 0 atom stereocenters. The van der Waals surface area contributed by atoms with Gasteiger partial charge in [-0.15, -0.1) is 0 Å². The maximum atomic E-state index is 13.4. The third-order valence-electron chi connectivity index (χ3n) is 6.91. The lowest BCUT2D eigenvalue weighted by atomic mass is 10.00. The number of carbonyl (C=O) groups excluding carboxylic acids is 1. The molecule has 7 nitrogen and oxygen atoms in total. The van der Waals surface area contributed by atoms with E-state index in [-0.39, 0.29) is 10.8 Å². The third kappa shape index (κ3) is 5.93. The van der Waals surface area contributed by atoms with Crippen LogP contribution in [0.5, 0.6) is 0 Å². The second-order valence-electron chi connectivity index (χ2n) is 9.53. The molecule has 0 aliphatic carbocycles. The summed E-state index contributed by atoms with van der Waals surface area (Å²) >= 11 is 0.